The normalized spacial score (nSPS) is 11.5. The van der Waals surface area contributed by atoms with Gasteiger partial charge in [0.15, 0.2) is 15.6 Å². The molecule has 26 heavy (non-hydrogen) atoms. The van der Waals surface area contributed by atoms with E-state index >= 15 is 0 Å². The number of carbonyl (C=O) groups is 1. The Hall–Kier alpha value is -2.87. The molecule has 0 aliphatic carbocycles. The van der Waals surface area contributed by atoms with E-state index in [4.69, 9.17) is 8.83 Å². The minimum Gasteiger partial charge on any atom is -0.459 e. The molecule has 0 aliphatic heterocycles. The minimum absolute atomic E-state index is 0.0311. The molecule has 0 fully saturated rings. The molecule has 0 aliphatic rings. The van der Waals surface area contributed by atoms with Crippen molar-refractivity contribution in [2.45, 2.75) is 25.2 Å². The van der Waals surface area contributed by atoms with E-state index in [-0.39, 0.29) is 17.2 Å². The maximum atomic E-state index is 12.3. The molecule has 8 heteroatoms. The van der Waals surface area contributed by atoms with Crippen molar-refractivity contribution in [1.82, 2.24) is 4.98 Å². The van der Waals surface area contributed by atoms with E-state index in [1.54, 1.807) is 32.0 Å². The average molecular weight is 374 g/mol. The van der Waals surface area contributed by atoms with Gasteiger partial charge in [-0.25, -0.2) is 13.4 Å². The van der Waals surface area contributed by atoms with Gasteiger partial charge in [-0.1, -0.05) is 0 Å². The lowest BCUT2D eigenvalue weighted by atomic mass is 10.2. The summed E-state index contributed by atoms with van der Waals surface area (Å²) in [6.45, 7) is 3.47. The highest BCUT2D eigenvalue weighted by Gasteiger charge is 2.17. The number of benzene rings is 1. The van der Waals surface area contributed by atoms with E-state index in [0.717, 1.165) is 6.26 Å². The minimum atomic E-state index is -3.29. The zero-order valence-electron chi connectivity index (χ0n) is 14.6. The Morgan fingerprint density at radius 2 is 2.00 bits per heavy atom. The summed E-state index contributed by atoms with van der Waals surface area (Å²) in [5, 5.41) is 2.77. The lowest BCUT2D eigenvalue weighted by Gasteiger charge is -2.09. The third kappa shape index (κ3) is 3.85. The fourth-order valence-corrected chi connectivity index (χ4v) is 3.16. The number of aromatic nitrogens is 1. The first-order chi connectivity index (χ1) is 12.2. The third-order valence-corrected chi connectivity index (χ3v) is 4.96. The van der Waals surface area contributed by atoms with E-state index in [1.807, 2.05) is 0 Å². The van der Waals surface area contributed by atoms with Crippen LogP contribution in [0, 0.1) is 13.8 Å². The Bertz CT molecular complexity index is 1050. The van der Waals surface area contributed by atoms with Crippen LogP contribution in [0.2, 0.25) is 0 Å². The van der Waals surface area contributed by atoms with Crippen LogP contribution in [0.3, 0.4) is 0 Å². The van der Waals surface area contributed by atoms with Crippen molar-refractivity contribution in [1.29, 1.82) is 0 Å². The molecule has 3 aromatic rings. The molecule has 1 N–H and O–H groups in total. The number of amides is 1. The second-order valence-electron chi connectivity index (χ2n) is 5.97. The second-order valence-corrected chi connectivity index (χ2v) is 7.99. The molecule has 136 valence electrons. The van der Waals surface area contributed by atoms with Gasteiger partial charge in [-0.3, -0.25) is 4.79 Å². The van der Waals surface area contributed by atoms with Gasteiger partial charge in [-0.2, -0.15) is 0 Å². The molecule has 0 unspecified atom stereocenters. The fourth-order valence-electron chi connectivity index (χ4n) is 2.45. The van der Waals surface area contributed by atoms with Crippen LogP contribution in [0.15, 0.2) is 50.3 Å². The molecule has 0 atom stereocenters. The molecule has 0 radical (unpaired) electrons. The molecule has 7 nitrogen and oxygen atoms in total. The van der Waals surface area contributed by atoms with Crippen LogP contribution >= 0.6 is 0 Å². The van der Waals surface area contributed by atoms with E-state index in [9.17, 15) is 13.2 Å². The van der Waals surface area contributed by atoms with Crippen molar-refractivity contribution in [3.8, 4) is 11.7 Å². The molecule has 2 heterocycles. The van der Waals surface area contributed by atoms with E-state index in [2.05, 4.69) is 10.3 Å². The van der Waals surface area contributed by atoms with Gasteiger partial charge in [0.2, 0.25) is 5.91 Å². The number of sulfone groups is 1. The van der Waals surface area contributed by atoms with Gasteiger partial charge in [0.1, 0.15) is 5.76 Å². The summed E-state index contributed by atoms with van der Waals surface area (Å²) in [6.07, 6.45) is 2.69. The lowest BCUT2D eigenvalue weighted by Crippen LogP contribution is -2.16. The largest absolute Gasteiger partial charge is 0.459 e. The van der Waals surface area contributed by atoms with Crippen molar-refractivity contribution in [2.24, 2.45) is 0 Å². The van der Waals surface area contributed by atoms with E-state index in [0.29, 0.717) is 34.4 Å². The van der Waals surface area contributed by atoms with Crippen molar-refractivity contribution < 1.29 is 22.0 Å². The molecule has 1 amide bonds. The third-order valence-electron chi connectivity index (χ3n) is 3.85. The molecule has 0 saturated carbocycles. The number of furan rings is 1. The number of nitrogens with zero attached hydrogens (tertiary/aromatic N) is 1. The topological polar surface area (TPSA) is 102 Å². The molecular formula is C18H18N2O5S. The zero-order chi connectivity index (χ0) is 18.9. The molecule has 3 rings (SSSR count). The standard InChI is InChI=1S/C18H18N2O5S/c1-11-9-13(26(3,22)23)6-7-14(11)19-17(21)10-15-12(2)25-18(20-15)16-5-4-8-24-16/h4-9H,10H2,1-3H3,(H,19,21). The van der Waals surface area contributed by atoms with Crippen molar-refractivity contribution >= 4 is 21.4 Å². The Balaban J connectivity index is 1.74. The first-order valence-corrected chi connectivity index (χ1v) is 9.74. The molecule has 2 aromatic heterocycles. The van der Waals surface area contributed by atoms with Gasteiger partial charge in [-0.05, 0) is 49.7 Å². The van der Waals surface area contributed by atoms with Crippen molar-refractivity contribution in [2.75, 3.05) is 11.6 Å². The fraction of sp³-hybridized carbons (Fsp3) is 0.222. The van der Waals surface area contributed by atoms with Gasteiger partial charge in [0, 0.05) is 11.9 Å². The summed E-state index contributed by atoms with van der Waals surface area (Å²) in [7, 11) is -3.29. The Morgan fingerprint density at radius 1 is 1.23 bits per heavy atom. The Kier molecular flexibility index (Phi) is 4.69. The predicted octanol–water partition coefficient (Wildman–Crippen LogP) is 3.14. The van der Waals surface area contributed by atoms with Crippen LogP contribution < -0.4 is 5.32 Å². The van der Waals surface area contributed by atoms with Crippen LogP contribution in [0.5, 0.6) is 0 Å². The van der Waals surface area contributed by atoms with Gasteiger partial charge >= 0.3 is 0 Å². The summed E-state index contributed by atoms with van der Waals surface area (Å²) >= 11 is 0. The van der Waals surface area contributed by atoms with Gasteiger partial charge in [0.05, 0.1) is 23.3 Å². The zero-order valence-corrected chi connectivity index (χ0v) is 15.4. The predicted molar refractivity (Wildman–Crippen MR) is 95.6 cm³/mol. The summed E-state index contributed by atoms with van der Waals surface area (Å²) in [6, 6.07) is 8.02. The number of hydrogen-bond acceptors (Lipinski definition) is 6. The molecule has 0 saturated heterocycles. The second kappa shape index (κ2) is 6.80. The molecule has 1 aromatic carbocycles. The van der Waals surface area contributed by atoms with Crippen LogP contribution in [0.1, 0.15) is 17.0 Å². The highest BCUT2D eigenvalue weighted by molar-refractivity contribution is 7.90. The summed E-state index contributed by atoms with van der Waals surface area (Å²) < 4.78 is 33.9. The number of hydrogen-bond donors (Lipinski definition) is 1. The van der Waals surface area contributed by atoms with Crippen molar-refractivity contribution in [3.05, 3.63) is 53.6 Å². The van der Waals surface area contributed by atoms with Crippen LogP contribution in [-0.4, -0.2) is 25.6 Å². The number of aryl methyl sites for hydroxylation is 2. The van der Waals surface area contributed by atoms with Crippen LogP contribution in [0.4, 0.5) is 5.69 Å². The van der Waals surface area contributed by atoms with Gasteiger partial charge in [-0.15, -0.1) is 0 Å². The summed E-state index contributed by atoms with van der Waals surface area (Å²) in [5.41, 5.74) is 1.73. The maximum Gasteiger partial charge on any atom is 0.263 e. The number of carbonyl (C=O) groups excluding carboxylic acids is 1. The van der Waals surface area contributed by atoms with Crippen molar-refractivity contribution in [3.63, 3.8) is 0 Å². The smallest absolute Gasteiger partial charge is 0.263 e. The Labute approximate surface area is 151 Å². The summed E-state index contributed by atoms with van der Waals surface area (Å²) in [4.78, 5) is 16.8. The maximum absolute atomic E-state index is 12.3. The van der Waals surface area contributed by atoms with Gasteiger partial charge in [0.25, 0.3) is 5.89 Å². The number of anilines is 1. The number of nitrogens with one attached hydrogen (secondary N) is 1. The molecule has 0 bridgehead atoms. The first-order valence-electron chi connectivity index (χ1n) is 7.85. The van der Waals surface area contributed by atoms with Crippen LogP contribution in [0.25, 0.3) is 11.7 Å². The van der Waals surface area contributed by atoms with E-state index in [1.165, 1.54) is 18.4 Å². The molecule has 0 spiro atoms. The summed E-state index contributed by atoms with van der Waals surface area (Å²) in [5.74, 6) is 1.08. The molecular weight excluding hydrogens is 356 g/mol. The highest BCUT2D eigenvalue weighted by Crippen LogP contribution is 2.23. The average Bonchev–Trinajstić information content (AvgIpc) is 3.19. The van der Waals surface area contributed by atoms with Crippen LogP contribution in [-0.2, 0) is 21.1 Å². The van der Waals surface area contributed by atoms with Gasteiger partial charge < -0.3 is 14.2 Å². The number of rotatable bonds is 5. The highest BCUT2D eigenvalue weighted by atomic mass is 32.2. The number of oxazole rings is 1. The van der Waals surface area contributed by atoms with E-state index < -0.39 is 9.84 Å². The monoisotopic (exact) mass is 374 g/mol. The lowest BCUT2D eigenvalue weighted by molar-refractivity contribution is -0.115. The Morgan fingerprint density at radius 3 is 2.62 bits per heavy atom. The SMILES string of the molecule is Cc1cc(S(C)(=O)=O)ccc1NC(=O)Cc1nc(-c2ccco2)oc1C. The first kappa shape index (κ1) is 17.9. The quantitative estimate of drug-likeness (QED) is 0.736.